The highest BCUT2D eigenvalue weighted by atomic mass is 35.5. The standard InChI is InChI=1S/C22H27ClN2O4S/c1-16(2)14-20(17-6-4-3-5-7-17)24-22(26)18-8-9-19(23)21(15-18)30(27,28)25-10-12-29-13-11-25/h3-9,15-16,20H,10-14H2,1-2H3,(H,24,26). The number of sulfonamides is 1. The van der Waals surface area contributed by atoms with Gasteiger partial charge < -0.3 is 10.1 Å². The number of benzene rings is 2. The van der Waals surface area contributed by atoms with Crippen molar-refractivity contribution in [2.45, 2.75) is 31.2 Å². The summed E-state index contributed by atoms with van der Waals surface area (Å²) in [6, 6.07) is 14.0. The predicted octanol–water partition coefficient (Wildman–Crippen LogP) is 3.88. The van der Waals surface area contributed by atoms with E-state index in [0.29, 0.717) is 19.1 Å². The lowest BCUT2D eigenvalue weighted by Gasteiger charge is -2.26. The molecule has 30 heavy (non-hydrogen) atoms. The maximum absolute atomic E-state index is 13.0. The molecular formula is C22H27ClN2O4S. The monoisotopic (exact) mass is 450 g/mol. The molecule has 6 nitrogen and oxygen atoms in total. The summed E-state index contributed by atoms with van der Waals surface area (Å²) in [4.78, 5) is 12.9. The van der Waals surface area contributed by atoms with Crippen molar-refractivity contribution < 1.29 is 17.9 Å². The molecule has 0 saturated carbocycles. The lowest BCUT2D eigenvalue weighted by molar-refractivity contribution is 0.0730. The maximum atomic E-state index is 13.0. The number of hydrogen-bond donors (Lipinski definition) is 1. The molecule has 0 radical (unpaired) electrons. The molecular weight excluding hydrogens is 424 g/mol. The Morgan fingerprint density at radius 3 is 2.43 bits per heavy atom. The SMILES string of the molecule is CC(C)CC(NC(=O)c1ccc(Cl)c(S(=O)(=O)N2CCOCC2)c1)c1ccccc1. The van der Waals surface area contributed by atoms with Crippen LogP contribution >= 0.6 is 11.6 Å². The summed E-state index contributed by atoms with van der Waals surface area (Å²) in [6.07, 6.45) is 0.766. The summed E-state index contributed by atoms with van der Waals surface area (Å²) in [5, 5.41) is 3.15. The van der Waals surface area contributed by atoms with E-state index in [9.17, 15) is 13.2 Å². The van der Waals surface area contributed by atoms with Crippen LogP contribution in [0.1, 0.15) is 42.2 Å². The van der Waals surface area contributed by atoms with E-state index >= 15 is 0 Å². The highest BCUT2D eigenvalue weighted by Gasteiger charge is 2.29. The van der Waals surface area contributed by atoms with Gasteiger partial charge in [-0.05, 0) is 36.1 Å². The number of rotatable bonds is 7. The second-order valence-corrected chi connectivity index (χ2v) is 10.0. The Morgan fingerprint density at radius 1 is 1.13 bits per heavy atom. The number of nitrogens with one attached hydrogen (secondary N) is 1. The minimum atomic E-state index is -3.81. The lowest BCUT2D eigenvalue weighted by Crippen LogP contribution is -2.40. The molecule has 1 aliphatic rings. The number of hydrogen-bond acceptors (Lipinski definition) is 4. The Morgan fingerprint density at radius 2 is 1.80 bits per heavy atom. The molecule has 0 bridgehead atoms. The van der Waals surface area contributed by atoms with Crippen LogP contribution in [-0.2, 0) is 14.8 Å². The molecule has 0 aromatic heterocycles. The largest absolute Gasteiger partial charge is 0.379 e. The zero-order valence-electron chi connectivity index (χ0n) is 17.2. The summed E-state index contributed by atoms with van der Waals surface area (Å²) in [5.74, 6) is 0.0394. The lowest BCUT2D eigenvalue weighted by atomic mass is 9.96. The minimum Gasteiger partial charge on any atom is -0.379 e. The molecule has 1 unspecified atom stereocenters. The molecule has 8 heteroatoms. The van der Waals surface area contributed by atoms with Gasteiger partial charge in [-0.1, -0.05) is 55.8 Å². The van der Waals surface area contributed by atoms with Gasteiger partial charge in [0.2, 0.25) is 10.0 Å². The Kier molecular flexibility index (Phi) is 7.52. The van der Waals surface area contributed by atoms with Crippen LogP contribution in [0.25, 0.3) is 0 Å². The van der Waals surface area contributed by atoms with E-state index in [-0.39, 0.29) is 40.5 Å². The first-order chi connectivity index (χ1) is 14.3. The van der Waals surface area contributed by atoms with Crippen molar-refractivity contribution in [1.29, 1.82) is 0 Å². The zero-order valence-corrected chi connectivity index (χ0v) is 18.7. The molecule has 1 aliphatic heterocycles. The van der Waals surface area contributed by atoms with Gasteiger partial charge in [0, 0.05) is 18.7 Å². The van der Waals surface area contributed by atoms with Gasteiger partial charge >= 0.3 is 0 Å². The summed E-state index contributed by atoms with van der Waals surface area (Å²) in [6.45, 7) is 5.39. The van der Waals surface area contributed by atoms with Crippen LogP contribution in [0.15, 0.2) is 53.4 Å². The number of ether oxygens (including phenoxy) is 1. The van der Waals surface area contributed by atoms with Crippen LogP contribution in [0.4, 0.5) is 0 Å². The van der Waals surface area contributed by atoms with E-state index < -0.39 is 10.0 Å². The number of nitrogens with zero attached hydrogens (tertiary/aromatic N) is 1. The van der Waals surface area contributed by atoms with Crippen molar-refractivity contribution in [3.63, 3.8) is 0 Å². The molecule has 1 heterocycles. The van der Waals surface area contributed by atoms with Gasteiger partial charge in [0.15, 0.2) is 0 Å². The Bertz CT molecular complexity index is 974. The van der Waals surface area contributed by atoms with Crippen molar-refractivity contribution in [2.24, 2.45) is 5.92 Å². The van der Waals surface area contributed by atoms with Gasteiger partial charge in [-0.25, -0.2) is 8.42 Å². The van der Waals surface area contributed by atoms with E-state index in [1.165, 1.54) is 16.4 Å². The average molecular weight is 451 g/mol. The molecule has 2 aromatic carbocycles. The molecule has 0 spiro atoms. The van der Waals surface area contributed by atoms with E-state index in [1.54, 1.807) is 6.07 Å². The Balaban J connectivity index is 1.86. The van der Waals surface area contributed by atoms with Crippen molar-refractivity contribution >= 4 is 27.5 Å². The molecule has 0 aliphatic carbocycles. The fourth-order valence-electron chi connectivity index (χ4n) is 3.44. The van der Waals surface area contributed by atoms with Crippen molar-refractivity contribution in [3.05, 3.63) is 64.7 Å². The van der Waals surface area contributed by atoms with Crippen LogP contribution in [0.5, 0.6) is 0 Å². The highest BCUT2D eigenvalue weighted by Crippen LogP contribution is 2.27. The van der Waals surface area contributed by atoms with E-state index in [2.05, 4.69) is 19.2 Å². The quantitative estimate of drug-likeness (QED) is 0.694. The van der Waals surface area contributed by atoms with E-state index in [4.69, 9.17) is 16.3 Å². The van der Waals surface area contributed by atoms with E-state index in [0.717, 1.165) is 12.0 Å². The van der Waals surface area contributed by atoms with Crippen LogP contribution < -0.4 is 5.32 Å². The minimum absolute atomic E-state index is 0.0566. The molecule has 3 rings (SSSR count). The fourth-order valence-corrected chi connectivity index (χ4v) is 5.35. The number of carbonyl (C=O) groups excluding carboxylic acids is 1. The van der Waals surface area contributed by atoms with Crippen LogP contribution in [-0.4, -0.2) is 44.9 Å². The molecule has 1 saturated heterocycles. The van der Waals surface area contributed by atoms with Crippen LogP contribution in [0.3, 0.4) is 0 Å². The first kappa shape index (κ1) is 22.7. The van der Waals surface area contributed by atoms with Gasteiger partial charge in [0.1, 0.15) is 4.90 Å². The number of amides is 1. The zero-order chi connectivity index (χ0) is 21.7. The van der Waals surface area contributed by atoms with Gasteiger partial charge in [-0.3, -0.25) is 4.79 Å². The molecule has 2 aromatic rings. The van der Waals surface area contributed by atoms with Gasteiger partial charge in [-0.2, -0.15) is 4.31 Å². The third kappa shape index (κ3) is 5.40. The molecule has 1 fully saturated rings. The molecule has 1 N–H and O–H groups in total. The van der Waals surface area contributed by atoms with Crippen LogP contribution in [0.2, 0.25) is 5.02 Å². The summed E-state index contributed by atoms with van der Waals surface area (Å²) in [5.41, 5.74) is 1.27. The second kappa shape index (κ2) is 9.92. The normalized spacial score (nSPS) is 16.4. The number of morpholine rings is 1. The molecule has 1 amide bonds. The Labute approximate surface area is 183 Å². The maximum Gasteiger partial charge on any atom is 0.251 e. The molecule has 162 valence electrons. The molecule has 1 atom stereocenters. The number of carbonyl (C=O) groups is 1. The van der Waals surface area contributed by atoms with Crippen LogP contribution in [0, 0.1) is 5.92 Å². The highest BCUT2D eigenvalue weighted by molar-refractivity contribution is 7.89. The van der Waals surface area contributed by atoms with Gasteiger partial charge in [0.25, 0.3) is 5.91 Å². The summed E-state index contributed by atoms with van der Waals surface area (Å²) >= 11 is 6.21. The van der Waals surface area contributed by atoms with Crippen molar-refractivity contribution in [2.75, 3.05) is 26.3 Å². The number of halogens is 1. The van der Waals surface area contributed by atoms with Crippen molar-refractivity contribution in [1.82, 2.24) is 9.62 Å². The summed E-state index contributed by atoms with van der Waals surface area (Å²) < 4.78 is 32.6. The van der Waals surface area contributed by atoms with Gasteiger partial charge in [-0.15, -0.1) is 0 Å². The van der Waals surface area contributed by atoms with Crippen molar-refractivity contribution in [3.8, 4) is 0 Å². The summed E-state index contributed by atoms with van der Waals surface area (Å²) in [7, 11) is -3.81. The third-order valence-corrected chi connectivity index (χ3v) is 7.38. The average Bonchev–Trinajstić information content (AvgIpc) is 2.74. The first-order valence-corrected chi connectivity index (χ1v) is 11.8. The van der Waals surface area contributed by atoms with Gasteiger partial charge in [0.05, 0.1) is 24.3 Å². The second-order valence-electron chi connectivity index (χ2n) is 7.73. The smallest absolute Gasteiger partial charge is 0.251 e. The van der Waals surface area contributed by atoms with E-state index in [1.807, 2.05) is 30.3 Å². The third-order valence-electron chi connectivity index (χ3n) is 5.00. The fraction of sp³-hybridized carbons (Fsp3) is 0.409. The first-order valence-electron chi connectivity index (χ1n) is 10.0. The predicted molar refractivity (Wildman–Crippen MR) is 117 cm³/mol. The topological polar surface area (TPSA) is 75.7 Å². The Hall–Kier alpha value is -1.93.